The third kappa shape index (κ3) is 11.0. The number of carbonyl (C=O) groups is 1. The largest absolute Gasteiger partial charge is 0.493 e. The molecule has 0 radical (unpaired) electrons. The van der Waals surface area contributed by atoms with Crippen molar-refractivity contribution in [3.8, 4) is 23.1 Å². The van der Waals surface area contributed by atoms with Crippen molar-refractivity contribution in [3.05, 3.63) is 153 Å². The van der Waals surface area contributed by atoms with Crippen LogP contribution in [0.3, 0.4) is 0 Å². The van der Waals surface area contributed by atoms with Crippen molar-refractivity contribution < 1.29 is 19.0 Å². The molecule has 6 rings (SSSR count). The lowest BCUT2D eigenvalue weighted by molar-refractivity contribution is -0.104. The zero-order valence-electron chi connectivity index (χ0n) is 30.8. The highest BCUT2D eigenvalue weighted by Gasteiger charge is 2.22. The van der Waals surface area contributed by atoms with Crippen molar-refractivity contribution in [3.63, 3.8) is 0 Å². The Morgan fingerprint density at radius 1 is 0.833 bits per heavy atom. The first kappa shape index (κ1) is 40.7. The van der Waals surface area contributed by atoms with Crippen LogP contribution in [0.25, 0.3) is 5.70 Å². The minimum Gasteiger partial charge on any atom is -0.493 e. The van der Waals surface area contributed by atoms with E-state index in [1.54, 1.807) is 24.4 Å². The number of ether oxygens (including phenoxy) is 3. The second-order valence-corrected chi connectivity index (χ2v) is 14.3. The Morgan fingerprint density at radius 2 is 1.54 bits per heavy atom. The number of rotatable bonds is 15. The zero-order chi connectivity index (χ0) is 37.2. The molecule has 0 saturated carbocycles. The first-order valence-electron chi connectivity index (χ1n) is 18.0. The van der Waals surface area contributed by atoms with Crippen LogP contribution >= 0.6 is 35.6 Å². The van der Waals surface area contributed by atoms with E-state index in [-0.39, 0.29) is 12.4 Å². The van der Waals surface area contributed by atoms with Crippen LogP contribution in [-0.4, -0.2) is 53.9 Å². The monoisotopic (exact) mass is 785 g/mol. The summed E-state index contributed by atoms with van der Waals surface area (Å²) in [7, 11) is 0. The van der Waals surface area contributed by atoms with Gasteiger partial charge in [0.05, 0.1) is 17.8 Å². The summed E-state index contributed by atoms with van der Waals surface area (Å²) >= 11 is 13.0. The van der Waals surface area contributed by atoms with E-state index in [4.69, 9.17) is 37.4 Å². The van der Waals surface area contributed by atoms with E-state index >= 15 is 0 Å². The summed E-state index contributed by atoms with van der Waals surface area (Å²) in [4.78, 5) is 20.9. The molecule has 4 aromatic carbocycles. The fraction of sp³-hybridized carbons (Fsp3) is 0.273. The van der Waals surface area contributed by atoms with E-state index in [0.717, 1.165) is 73.6 Å². The van der Waals surface area contributed by atoms with Crippen molar-refractivity contribution in [2.24, 2.45) is 0 Å². The minimum absolute atomic E-state index is 0. The van der Waals surface area contributed by atoms with E-state index in [1.807, 2.05) is 43.3 Å². The zero-order valence-corrected chi connectivity index (χ0v) is 33.2. The van der Waals surface area contributed by atoms with Crippen LogP contribution in [0.4, 0.5) is 0 Å². The Bertz CT molecular complexity index is 1970. The fourth-order valence-electron chi connectivity index (χ4n) is 6.30. The number of piperazine rings is 1. The van der Waals surface area contributed by atoms with Crippen molar-refractivity contribution in [1.29, 1.82) is 0 Å². The summed E-state index contributed by atoms with van der Waals surface area (Å²) in [6, 6.07) is 32.1. The minimum atomic E-state index is 0. The lowest BCUT2D eigenvalue weighted by Gasteiger charge is -2.37. The molecule has 7 nitrogen and oxygen atoms in total. The second kappa shape index (κ2) is 19.7. The lowest BCUT2D eigenvalue weighted by Crippen LogP contribution is -2.45. The molecule has 0 aliphatic carbocycles. The van der Waals surface area contributed by atoms with Crippen molar-refractivity contribution in [1.82, 2.24) is 14.8 Å². The number of nitrogens with zero attached hydrogens (tertiary/aromatic N) is 3. The molecule has 0 atom stereocenters. The number of aldehydes is 1. The predicted octanol–water partition coefficient (Wildman–Crippen LogP) is 10.6. The fourth-order valence-corrected chi connectivity index (χ4v) is 6.80. The van der Waals surface area contributed by atoms with Gasteiger partial charge in [-0.3, -0.25) is 9.69 Å². The molecule has 1 aliphatic heterocycles. The van der Waals surface area contributed by atoms with Crippen LogP contribution in [0, 0.1) is 6.92 Å². The third-order valence-electron chi connectivity index (χ3n) is 9.37. The maximum Gasteiger partial charge on any atom is 0.219 e. The molecule has 0 N–H and O–H groups in total. The smallest absolute Gasteiger partial charge is 0.219 e. The molecule has 0 unspecified atom stereocenters. The van der Waals surface area contributed by atoms with E-state index in [2.05, 4.69) is 77.2 Å². The molecule has 0 amide bonds. The first-order chi connectivity index (χ1) is 25.7. The number of carbonyl (C=O) groups excluding carboxylic acids is 1. The van der Waals surface area contributed by atoms with E-state index in [9.17, 15) is 4.79 Å². The van der Waals surface area contributed by atoms with Gasteiger partial charge < -0.3 is 19.1 Å². The van der Waals surface area contributed by atoms with Crippen LogP contribution < -0.4 is 14.2 Å². The van der Waals surface area contributed by atoms with Gasteiger partial charge in [0, 0.05) is 67.6 Å². The van der Waals surface area contributed by atoms with Gasteiger partial charge in [-0.15, -0.1) is 12.4 Å². The third-order valence-corrected chi connectivity index (χ3v) is 10.0. The van der Waals surface area contributed by atoms with Gasteiger partial charge in [0.1, 0.15) is 24.4 Å². The standard InChI is InChI=1S/C44H45Cl2N3O4.ClH/c1-31(2)35-12-14-38(15-13-35)51-25-19-33-8-10-34(11-9-33)29-48-20-22-49(23-21-48)42(18-24-50)37-26-32(3)44(41(46)27-37)53-43-17-16-39(28-47-43)52-30-36-6-4-5-7-40(36)45;/h4-18,24,26-28,31H,19-23,25,29-30H2,1-3H3;1H/b42-18+;. The summed E-state index contributed by atoms with van der Waals surface area (Å²) in [5.74, 6) is 2.92. The van der Waals surface area contributed by atoms with Crippen LogP contribution in [-0.2, 0) is 24.4 Å². The Balaban J connectivity index is 0.00000561. The SMILES string of the molecule is Cc1cc(/C(=C\C=O)N2CCN(Cc3ccc(CCOc4ccc(C(C)C)cc4)cc3)CC2)cc(Cl)c1Oc1ccc(OCc2ccccc2Cl)cn1.Cl. The first-order valence-corrected chi connectivity index (χ1v) is 18.8. The van der Waals surface area contributed by atoms with Gasteiger partial charge in [-0.25, -0.2) is 4.98 Å². The molecule has 1 aliphatic rings. The molecular weight excluding hydrogens is 741 g/mol. The van der Waals surface area contributed by atoms with Crippen LogP contribution in [0.15, 0.2) is 109 Å². The average Bonchev–Trinajstić information content (AvgIpc) is 3.17. The Kier molecular flexibility index (Phi) is 14.8. The molecular formula is C44H46Cl3N3O4. The summed E-state index contributed by atoms with van der Waals surface area (Å²) in [6.45, 7) is 11.5. The van der Waals surface area contributed by atoms with Gasteiger partial charge in [0.25, 0.3) is 0 Å². The van der Waals surface area contributed by atoms with Crippen molar-refractivity contribution in [2.45, 2.75) is 46.3 Å². The van der Waals surface area contributed by atoms with E-state index in [1.165, 1.54) is 16.7 Å². The number of benzene rings is 4. The van der Waals surface area contributed by atoms with Crippen LogP contribution in [0.5, 0.6) is 23.1 Å². The molecule has 0 bridgehead atoms. The number of hydrogen-bond acceptors (Lipinski definition) is 7. The molecule has 1 saturated heterocycles. The van der Waals surface area contributed by atoms with Gasteiger partial charge in [0.15, 0.2) is 5.75 Å². The van der Waals surface area contributed by atoms with Gasteiger partial charge in [-0.05, 0) is 77.1 Å². The number of aromatic nitrogens is 1. The van der Waals surface area contributed by atoms with Gasteiger partial charge in [-0.2, -0.15) is 0 Å². The topological polar surface area (TPSA) is 64.1 Å². The van der Waals surface area contributed by atoms with Gasteiger partial charge in [-0.1, -0.05) is 91.6 Å². The molecule has 54 heavy (non-hydrogen) atoms. The molecule has 5 aromatic rings. The van der Waals surface area contributed by atoms with Crippen molar-refractivity contribution in [2.75, 3.05) is 32.8 Å². The van der Waals surface area contributed by atoms with Gasteiger partial charge in [0.2, 0.25) is 5.88 Å². The predicted molar refractivity (Wildman–Crippen MR) is 221 cm³/mol. The molecule has 0 spiro atoms. The summed E-state index contributed by atoms with van der Waals surface area (Å²) < 4.78 is 17.9. The second-order valence-electron chi connectivity index (χ2n) is 13.5. The number of allylic oxidation sites excluding steroid dienone is 1. The highest BCUT2D eigenvalue weighted by Crippen LogP contribution is 2.36. The maximum atomic E-state index is 11.8. The lowest BCUT2D eigenvalue weighted by atomic mass is 10.0. The summed E-state index contributed by atoms with van der Waals surface area (Å²) in [5.41, 5.74) is 7.29. The number of pyridine rings is 1. The van der Waals surface area contributed by atoms with Crippen LogP contribution in [0.1, 0.15) is 53.1 Å². The molecule has 10 heteroatoms. The van der Waals surface area contributed by atoms with Crippen molar-refractivity contribution >= 4 is 47.6 Å². The Labute approximate surface area is 334 Å². The average molecular weight is 787 g/mol. The normalized spacial score (nSPS) is 13.4. The maximum absolute atomic E-state index is 11.8. The Hall–Kier alpha value is -4.53. The van der Waals surface area contributed by atoms with Crippen LogP contribution in [0.2, 0.25) is 10.0 Å². The quantitative estimate of drug-likeness (QED) is 0.0773. The number of hydrogen-bond donors (Lipinski definition) is 0. The highest BCUT2D eigenvalue weighted by atomic mass is 35.5. The number of halogens is 3. The molecule has 1 aromatic heterocycles. The number of aryl methyl sites for hydroxylation is 1. The molecule has 1 fully saturated rings. The molecule has 282 valence electrons. The summed E-state index contributed by atoms with van der Waals surface area (Å²) in [5, 5.41) is 1.09. The Morgan fingerprint density at radius 3 is 2.19 bits per heavy atom. The van der Waals surface area contributed by atoms with Gasteiger partial charge >= 0.3 is 0 Å². The highest BCUT2D eigenvalue weighted by molar-refractivity contribution is 6.32. The van der Waals surface area contributed by atoms with E-state index in [0.29, 0.717) is 46.6 Å². The molecule has 2 heterocycles. The summed E-state index contributed by atoms with van der Waals surface area (Å²) in [6.07, 6.45) is 4.92. The van der Waals surface area contributed by atoms with E-state index < -0.39 is 0 Å².